The number of nitrogens with one attached hydrogen (secondary N) is 1. The van der Waals surface area contributed by atoms with Crippen LogP contribution in [0.4, 0.5) is 11.5 Å². The van der Waals surface area contributed by atoms with Crippen molar-refractivity contribution in [1.82, 2.24) is 9.88 Å². The molecule has 0 aromatic carbocycles. The molecule has 104 valence electrons. The van der Waals surface area contributed by atoms with Crippen LogP contribution in [0.3, 0.4) is 0 Å². The number of hydrogen-bond acceptors (Lipinski definition) is 6. The number of aromatic nitrogens is 1. The lowest BCUT2D eigenvalue weighted by molar-refractivity contribution is -0.385. The Labute approximate surface area is 112 Å². The molecule has 0 radical (unpaired) electrons. The maximum absolute atomic E-state index is 10.5. The molecule has 0 amide bonds. The molecule has 19 heavy (non-hydrogen) atoms. The predicted molar refractivity (Wildman–Crippen MR) is 73.0 cm³/mol. The minimum atomic E-state index is -0.442. The van der Waals surface area contributed by atoms with Crippen LogP contribution in [0.2, 0.25) is 0 Å². The highest BCUT2D eigenvalue weighted by Gasteiger charge is 2.18. The molecule has 0 spiro atoms. The quantitative estimate of drug-likeness (QED) is 0.604. The summed E-state index contributed by atoms with van der Waals surface area (Å²) in [5.74, 6) is 0.697. The van der Waals surface area contributed by atoms with E-state index in [1.54, 1.807) is 6.07 Å². The first-order valence-corrected chi connectivity index (χ1v) is 6.48. The molecule has 1 aromatic heterocycles. The number of rotatable bonds is 5. The molecular formula is C12H19N5O2. The van der Waals surface area contributed by atoms with Crippen molar-refractivity contribution in [2.45, 2.75) is 18.9 Å². The van der Waals surface area contributed by atoms with E-state index in [9.17, 15) is 10.1 Å². The van der Waals surface area contributed by atoms with Crippen LogP contribution in [0.15, 0.2) is 18.3 Å². The molecule has 7 heteroatoms. The molecule has 1 saturated heterocycles. The van der Waals surface area contributed by atoms with Crippen LogP contribution in [-0.2, 0) is 0 Å². The largest absolute Gasteiger partial charge is 0.367 e. The molecule has 1 aliphatic rings. The Morgan fingerprint density at radius 2 is 2.21 bits per heavy atom. The van der Waals surface area contributed by atoms with Gasteiger partial charge in [0.2, 0.25) is 0 Å². The van der Waals surface area contributed by atoms with E-state index in [-0.39, 0.29) is 5.69 Å². The summed E-state index contributed by atoms with van der Waals surface area (Å²) in [6.45, 7) is 3.70. The number of hydrogen-bond donors (Lipinski definition) is 2. The lowest BCUT2D eigenvalue weighted by atomic mass is 10.1. The topological polar surface area (TPSA) is 97.3 Å². The van der Waals surface area contributed by atoms with E-state index in [2.05, 4.69) is 15.2 Å². The van der Waals surface area contributed by atoms with Crippen molar-refractivity contribution in [3.63, 3.8) is 0 Å². The van der Waals surface area contributed by atoms with Crippen molar-refractivity contribution < 1.29 is 4.92 Å². The first-order chi connectivity index (χ1) is 9.19. The summed E-state index contributed by atoms with van der Waals surface area (Å²) in [5.41, 5.74) is 5.55. The second-order valence-corrected chi connectivity index (χ2v) is 4.71. The second-order valence-electron chi connectivity index (χ2n) is 4.71. The molecule has 1 fully saturated rings. The molecule has 2 heterocycles. The van der Waals surface area contributed by atoms with Crippen molar-refractivity contribution >= 4 is 11.5 Å². The molecule has 0 aliphatic carbocycles. The minimum Gasteiger partial charge on any atom is -0.367 e. The van der Waals surface area contributed by atoms with Gasteiger partial charge in [-0.2, -0.15) is 0 Å². The lowest BCUT2D eigenvalue weighted by Crippen LogP contribution is -2.41. The lowest BCUT2D eigenvalue weighted by Gasteiger charge is -2.32. The van der Waals surface area contributed by atoms with Crippen LogP contribution in [0.25, 0.3) is 0 Å². The van der Waals surface area contributed by atoms with E-state index in [0.717, 1.165) is 32.5 Å². The first-order valence-electron chi connectivity index (χ1n) is 6.48. The number of nitro groups is 1. The van der Waals surface area contributed by atoms with Crippen molar-refractivity contribution in [3.05, 3.63) is 28.4 Å². The smallest absolute Gasteiger partial charge is 0.287 e. The molecule has 0 unspecified atom stereocenters. The number of nitrogens with zero attached hydrogens (tertiary/aromatic N) is 3. The fourth-order valence-corrected chi connectivity index (χ4v) is 2.27. The molecule has 1 aromatic rings. The Bertz CT molecular complexity index is 415. The zero-order valence-electron chi connectivity index (χ0n) is 10.8. The molecule has 2 rings (SSSR count). The van der Waals surface area contributed by atoms with E-state index < -0.39 is 4.92 Å². The SMILES string of the molecule is NCCN1CCC(Nc2ccc([N+](=O)[O-])cn2)CC1. The Balaban J connectivity index is 1.83. The van der Waals surface area contributed by atoms with Gasteiger partial charge in [-0.25, -0.2) is 4.98 Å². The van der Waals surface area contributed by atoms with E-state index in [4.69, 9.17) is 5.73 Å². The number of likely N-dealkylation sites (tertiary alicyclic amines) is 1. The van der Waals surface area contributed by atoms with Gasteiger partial charge in [0.05, 0.1) is 4.92 Å². The van der Waals surface area contributed by atoms with Gasteiger partial charge in [0.25, 0.3) is 5.69 Å². The highest BCUT2D eigenvalue weighted by Crippen LogP contribution is 2.17. The zero-order chi connectivity index (χ0) is 13.7. The van der Waals surface area contributed by atoms with Crippen LogP contribution >= 0.6 is 0 Å². The molecule has 0 bridgehead atoms. The number of pyridine rings is 1. The molecule has 0 atom stereocenters. The van der Waals surface area contributed by atoms with Crippen LogP contribution in [0.5, 0.6) is 0 Å². The summed E-state index contributed by atoms with van der Waals surface area (Å²) >= 11 is 0. The van der Waals surface area contributed by atoms with Gasteiger partial charge in [-0.1, -0.05) is 0 Å². The Morgan fingerprint density at radius 1 is 1.47 bits per heavy atom. The Morgan fingerprint density at radius 3 is 2.74 bits per heavy atom. The van der Waals surface area contributed by atoms with Crippen LogP contribution in [0.1, 0.15) is 12.8 Å². The Kier molecular flexibility index (Phi) is 4.64. The van der Waals surface area contributed by atoms with Gasteiger partial charge >= 0.3 is 0 Å². The third-order valence-electron chi connectivity index (χ3n) is 3.34. The number of anilines is 1. The van der Waals surface area contributed by atoms with Gasteiger partial charge in [0, 0.05) is 38.3 Å². The van der Waals surface area contributed by atoms with Gasteiger partial charge in [0.1, 0.15) is 12.0 Å². The van der Waals surface area contributed by atoms with E-state index in [1.807, 2.05) is 0 Å². The number of piperidine rings is 1. The fraction of sp³-hybridized carbons (Fsp3) is 0.583. The van der Waals surface area contributed by atoms with Gasteiger partial charge in [-0.15, -0.1) is 0 Å². The highest BCUT2D eigenvalue weighted by molar-refractivity contribution is 5.40. The summed E-state index contributed by atoms with van der Waals surface area (Å²) < 4.78 is 0. The van der Waals surface area contributed by atoms with Gasteiger partial charge in [-0.3, -0.25) is 10.1 Å². The average Bonchev–Trinajstić information content (AvgIpc) is 2.42. The van der Waals surface area contributed by atoms with Crippen LogP contribution < -0.4 is 11.1 Å². The molecule has 7 nitrogen and oxygen atoms in total. The monoisotopic (exact) mass is 265 g/mol. The summed E-state index contributed by atoms with van der Waals surface area (Å²) in [5, 5.41) is 13.8. The summed E-state index contributed by atoms with van der Waals surface area (Å²) in [6, 6.07) is 3.51. The van der Waals surface area contributed by atoms with E-state index >= 15 is 0 Å². The third kappa shape index (κ3) is 3.87. The molecule has 3 N–H and O–H groups in total. The van der Waals surface area contributed by atoms with Crippen molar-refractivity contribution in [2.24, 2.45) is 5.73 Å². The molecular weight excluding hydrogens is 246 g/mol. The molecule has 0 saturated carbocycles. The van der Waals surface area contributed by atoms with Gasteiger partial charge in [-0.05, 0) is 18.9 Å². The van der Waals surface area contributed by atoms with E-state index in [1.165, 1.54) is 12.3 Å². The van der Waals surface area contributed by atoms with Crippen molar-refractivity contribution in [2.75, 3.05) is 31.5 Å². The van der Waals surface area contributed by atoms with Crippen LogP contribution in [0, 0.1) is 10.1 Å². The fourth-order valence-electron chi connectivity index (χ4n) is 2.27. The standard InChI is InChI=1S/C12H19N5O2/c13-5-8-16-6-3-10(4-7-16)15-12-2-1-11(9-14-12)17(18)19/h1-2,9-10H,3-8,13H2,(H,14,15). The van der Waals surface area contributed by atoms with Crippen molar-refractivity contribution in [3.8, 4) is 0 Å². The summed E-state index contributed by atoms with van der Waals surface area (Å²) in [6.07, 6.45) is 3.36. The minimum absolute atomic E-state index is 0.0170. The third-order valence-corrected chi connectivity index (χ3v) is 3.34. The number of nitrogens with two attached hydrogens (primary N) is 1. The van der Waals surface area contributed by atoms with Crippen LogP contribution in [-0.4, -0.2) is 47.0 Å². The van der Waals surface area contributed by atoms with E-state index in [0.29, 0.717) is 18.4 Å². The van der Waals surface area contributed by atoms with Crippen molar-refractivity contribution in [1.29, 1.82) is 0 Å². The van der Waals surface area contributed by atoms with Gasteiger partial charge in [0.15, 0.2) is 0 Å². The molecule has 1 aliphatic heterocycles. The maximum atomic E-state index is 10.5. The predicted octanol–water partition coefficient (Wildman–Crippen LogP) is 0.825. The average molecular weight is 265 g/mol. The zero-order valence-corrected chi connectivity index (χ0v) is 10.8. The summed E-state index contributed by atoms with van der Waals surface area (Å²) in [7, 11) is 0. The van der Waals surface area contributed by atoms with Gasteiger partial charge < -0.3 is 16.0 Å². The summed E-state index contributed by atoms with van der Waals surface area (Å²) in [4.78, 5) is 16.5. The second kappa shape index (κ2) is 6.44. The Hall–Kier alpha value is -1.73. The maximum Gasteiger partial charge on any atom is 0.287 e. The highest BCUT2D eigenvalue weighted by atomic mass is 16.6. The first kappa shape index (κ1) is 13.7. The normalized spacial score (nSPS) is 17.3.